The highest BCUT2D eigenvalue weighted by atomic mass is 32.2. The van der Waals surface area contributed by atoms with Crippen LogP contribution in [0.4, 0.5) is 10.1 Å². The molecular weight excluding hydrogens is 435 g/mol. The van der Waals surface area contributed by atoms with Crippen molar-refractivity contribution in [2.75, 3.05) is 30.7 Å². The monoisotopic (exact) mass is 458 g/mol. The Kier molecular flexibility index (Phi) is 6.31. The second-order valence-electron chi connectivity index (χ2n) is 7.44. The number of hydrogen-bond donors (Lipinski definition) is 3. The number of aliphatic hydroxyl groups excluding tert-OH is 1. The van der Waals surface area contributed by atoms with Gasteiger partial charge in [-0.05, 0) is 35.9 Å². The van der Waals surface area contributed by atoms with Crippen molar-refractivity contribution in [1.82, 2.24) is 5.32 Å². The van der Waals surface area contributed by atoms with Crippen molar-refractivity contribution in [3.05, 3.63) is 72.0 Å². The molecule has 0 aliphatic carbocycles. The van der Waals surface area contributed by atoms with E-state index in [0.717, 1.165) is 34.3 Å². The van der Waals surface area contributed by atoms with Crippen LogP contribution >= 0.6 is 0 Å². The molecule has 3 N–H and O–H groups in total. The van der Waals surface area contributed by atoms with Crippen LogP contribution in [0, 0.1) is 5.82 Å². The fourth-order valence-electron chi connectivity index (χ4n) is 3.42. The lowest BCUT2D eigenvalue weighted by atomic mass is 10.1. The molecular formula is C23H23FN2O5S. The lowest BCUT2D eigenvalue weighted by Gasteiger charge is -2.14. The van der Waals surface area contributed by atoms with Gasteiger partial charge in [0.15, 0.2) is 0 Å². The minimum absolute atomic E-state index is 0.190. The van der Waals surface area contributed by atoms with Crippen molar-refractivity contribution in [2.45, 2.75) is 6.10 Å². The number of sulfonamides is 1. The van der Waals surface area contributed by atoms with Crippen molar-refractivity contribution in [1.29, 1.82) is 0 Å². The molecule has 1 aromatic heterocycles. The number of hydrogen-bond acceptors (Lipinski definition) is 6. The average Bonchev–Trinajstić information content (AvgIpc) is 3.11. The molecule has 0 saturated carbocycles. The van der Waals surface area contributed by atoms with Crippen LogP contribution in [0.25, 0.3) is 21.9 Å². The van der Waals surface area contributed by atoms with E-state index in [4.69, 9.17) is 9.15 Å². The van der Waals surface area contributed by atoms with Gasteiger partial charge in [0, 0.05) is 29.9 Å². The van der Waals surface area contributed by atoms with Crippen LogP contribution in [-0.4, -0.2) is 39.5 Å². The highest BCUT2D eigenvalue weighted by Crippen LogP contribution is 2.31. The third-order valence-electron chi connectivity index (χ3n) is 4.91. The van der Waals surface area contributed by atoms with E-state index in [-0.39, 0.29) is 12.2 Å². The summed E-state index contributed by atoms with van der Waals surface area (Å²) in [6, 6.07) is 17.3. The lowest BCUT2D eigenvalue weighted by Crippen LogP contribution is -2.26. The second-order valence-corrected chi connectivity index (χ2v) is 9.19. The molecule has 3 aromatic carbocycles. The number of rotatable bonds is 9. The van der Waals surface area contributed by atoms with Gasteiger partial charge < -0.3 is 19.6 Å². The van der Waals surface area contributed by atoms with Gasteiger partial charge in [0.2, 0.25) is 10.0 Å². The number of anilines is 1. The molecule has 1 unspecified atom stereocenters. The van der Waals surface area contributed by atoms with E-state index in [1.807, 2.05) is 42.5 Å². The SMILES string of the molecule is CS(=O)(=O)Nc1cc(C(O)CNCCOc2ccc3c(c2)oc2ccccc23)ccc1F. The normalized spacial score (nSPS) is 12.8. The van der Waals surface area contributed by atoms with Crippen molar-refractivity contribution >= 4 is 37.6 Å². The quantitative estimate of drug-likeness (QED) is 0.330. The molecule has 0 spiro atoms. The maximum Gasteiger partial charge on any atom is 0.229 e. The smallest absolute Gasteiger partial charge is 0.229 e. The molecule has 9 heteroatoms. The molecule has 0 fully saturated rings. The Bertz CT molecular complexity index is 1350. The van der Waals surface area contributed by atoms with Gasteiger partial charge in [-0.15, -0.1) is 0 Å². The highest BCUT2D eigenvalue weighted by Gasteiger charge is 2.13. The van der Waals surface area contributed by atoms with E-state index >= 15 is 0 Å². The van der Waals surface area contributed by atoms with E-state index in [9.17, 15) is 17.9 Å². The third-order valence-corrected chi connectivity index (χ3v) is 5.50. The number of nitrogens with one attached hydrogen (secondary N) is 2. The summed E-state index contributed by atoms with van der Waals surface area (Å²) in [5.74, 6) is -0.0388. The molecule has 7 nitrogen and oxygen atoms in total. The largest absolute Gasteiger partial charge is 0.492 e. The minimum atomic E-state index is -3.62. The van der Waals surface area contributed by atoms with E-state index in [1.54, 1.807) is 0 Å². The zero-order valence-corrected chi connectivity index (χ0v) is 18.2. The van der Waals surface area contributed by atoms with Crippen molar-refractivity contribution < 1.29 is 27.1 Å². The molecule has 0 radical (unpaired) electrons. The summed E-state index contributed by atoms with van der Waals surface area (Å²) >= 11 is 0. The van der Waals surface area contributed by atoms with Crippen molar-refractivity contribution in [3.63, 3.8) is 0 Å². The fraction of sp³-hybridized carbons (Fsp3) is 0.217. The first-order valence-corrected chi connectivity index (χ1v) is 11.9. The summed E-state index contributed by atoms with van der Waals surface area (Å²) in [6.45, 7) is 1.02. The number of para-hydroxylation sites is 1. The Morgan fingerprint density at radius 1 is 1.06 bits per heavy atom. The number of fused-ring (bicyclic) bond motifs is 3. The molecule has 0 aliphatic rings. The highest BCUT2D eigenvalue weighted by molar-refractivity contribution is 7.92. The summed E-state index contributed by atoms with van der Waals surface area (Å²) in [5, 5.41) is 15.5. The first-order chi connectivity index (χ1) is 15.3. The van der Waals surface area contributed by atoms with E-state index in [2.05, 4.69) is 10.0 Å². The predicted octanol–water partition coefficient (Wildman–Crippen LogP) is 3.80. The molecule has 4 aromatic rings. The van der Waals surface area contributed by atoms with Crippen molar-refractivity contribution in [3.8, 4) is 5.75 Å². The molecule has 168 valence electrons. The summed E-state index contributed by atoms with van der Waals surface area (Å²) in [7, 11) is -3.62. The number of halogens is 1. The van der Waals surface area contributed by atoms with Crippen LogP contribution in [0.5, 0.6) is 5.75 Å². The van der Waals surface area contributed by atoms with Crippen molar-refractivity contribution in [2.24, 2.45) is 0 Å². The average molecular weight is 459 g/mol. The van der Waals surface area contributed by atoms with Gasteiger partial charge >= 0.3 is 0 Å². The molecule has 1 atom stereocenters. The molecule has 0 amide bonds. The molecule has 0 aliphatic heterocycles. The Morgan fingerprint density at radius 3 is 2.66 bits per heavy atom. The van der Waals surface area contributed by atoms with E-state index < -0.39 is 21.9 Å². The van der Waals surface area contributed by atoms with E-state index in [0.29, 0.717) is 24.5 Å². The molecule has 0 bridgehead atoms. The third kappa shape index (κ3) is 5.18. The van der Waals surface area contributed by atoms with Gasteiger partial charge in [0.05, 0.1) is 18.0 Å². The summed E-state index contributed by atoms with van der Waals surface area (Å²) < 4.78 is 50.2. The number of aliphatic hydroxyl groups is 1. The number of furan rings is 1. The summed E-state index contributed by atoms with van der Waals surface area (Å²) in [6.07, 6.45) is -0.00844. The minimum Gasteiger partial charge on any atom is -0.492 e. The zero-order chi connectivity index (χ0) is 22.7. The standard InChI is InChI=1S/C23H23FN2O5S/c1-32(28,29)26-20-12-15(6-9-19(20)24)21(27)14-25-10-11-30-16-7-8-18-17-4-2-3-5-22(17)31-23(18)13-16/h2-9,12-13,21,25-27H,10-11,14H2,1H3. The van der Waals surface area contributed by atoms with Gasteiger partial charge in [-0.2, -0.15) is 0 Å². The molecule has 4 rings (SSSR count). The second kappa shape index (κ2) is 9.15. The van der Waals surface area contributed by atoms with Gasteiger partial charge in [0.25, 0.3) is 0 Å². The zero-order valence-electron chi connectivity index (χ0n) is 17.3. The van der Waals surface area contributed by atoms with Gasteiger partial charge in [-0.25, -0.2) is 12.8 Å². The lowest BCUT2D eigenvalue weighted by molar-refractivity contribution is 0.172. The van der Waals surface area contributed by atoms with E-state index in [1.165, 1.54) is 12.1 Å². The Labute approximate surface area is 184 Å². The number of ether oxygens (including phenoxy) is 1. The molecule has 0 saturated heterocycles. The van der Waals surface area contributed by atoms with Crippen LogP contribution in [-0.2, 0) is 10.0 Å². The summed E-state index contributed by atoms with van der Waals surface area (Å²) in [5.41, 5.74) is 1.77. The Balaban J connectivity index is 1.29. The van der Waals surface area contributed by atoms with Crippen LogP contribution in [0.1, 0.15) is 11.7 Å². The predicted molar refractivity (Wildman–Crippen MR) is 122 cm³/mol. The maximum atomic E-state index is 13.8. The fourth-order valence-corrected chi connectivity index (χ4v) is 3.98. The van der Waals surface area contributed by atoms with Crippen LogP contribution in [0.15, 0.2) is 65.1 Å². The topological polar surface area (TPSA) is 101 Å². The summed E-state index contributed by atoms with van der Waals surface area (Å²) in [4.78, 5) is 0. The van der Waals surface area contributed by atoms with Crippen LogP contribution < -0.4 is 14.8 Å². The van der Waals surface area contributed by atoms with Gasteiger partial charge in [-0.3, -0.25) is 4.72 Å². The molecule has 1 heterocycles. The Hall–Kier alpha value is -3.14. The van der Waals surface area contributed by atoms with Crippen LogP contribution in [0.3, 0.4) is 0 Å². The first kappa shape index (κ1) is 22.1. The van der Waals surface area contributed by atoms with Crippen LogP contribution in [0.2, 0.25) is 0 Å². The van der Waals surface area contributed by atoms with Gasteiger partial charge in [0.1, 0.15) is 29.3 Å². The van der Waals surface area contributed by atoms with Gasteiger partial charge in [-0.1, -0.05) is 24.3 Å². The number of benzene rings is 3. The maximum absolute atomic E-state index is 13.8. The molecule has 32 heavy (non-hydrogen) atoms. The Morgan fingerprint density at radius 2 is 1.84 bits per heavy atom. The first-order valence-electron chi connectivity index (χ1n) is 10.0.